The van der Waals surface area contributed by atoms with Crippen molar-refractivity contribution in [2.45, 2.75) is 6.04 Å². The molecule has 0 fully saturated rings. The van der Waals surface area contributed by atoms with Crippen LogP contribution in [0.3, 0.4) is 0 Å². The Bertz CT molecular complexity index is 172. The molecule has 0 aromatic rings. The van der Waals surface area contributed by atoms with Gasteiger partial charge in [-0.3, -0.25) is 10.1 Å². The predicted molar refractivity (Wildman–Crippen MR) is 49.4 cm³/mol. The minimum atomic E-state index is -0.925. The largest absolute Gasteiger partial charge is 0.480 e. The summed E-state index contributed by atoms with van der Waals surface area (Å²) < 4.78 is 5.42. The summed E-state index contributed by atoms with van der Waals surface area (Å²) in [5, 5.41) is 11.4. The third kappa shape index (κ3) is 5.29. The maximum atomic E-state index is 10.5. The van der Waals surface area contributed by atoms with Gasteiger partial charge in [-0.25, -0.2) is 0 Å². The molecule has 0 spiro atoms. The Hall–Kier alpha value is -0.390. The second-order valence-electron chi connectivity index (χ2n) is 2.24. The van der Waals surface area contributed by atoms with E-state index in [9.17, 15) is 4.79 Å². The van der Waals surface area contributed by atoms with E-state index in [4.69, 9.17) is 9.84 Å². The smallest absolute Gasteiger partial charge is 0.323 e. The Labute approximate surface area is 79.7 Å². The monoisotopic (exact) mass is 237 g/mol. The van der Waals surface area contributed by atoms with E-state index in [0.717, 1.165) is 0 Å². The maximum absolute atomic E-state index is 10.5. The quantitative estimate of drug-likeness (QED) is 0.710. The molecule has 0 rings (SSSR count). The number of hydrogen-bond acceptors (Lipinski definition) is 3. The number of hydrogen-bond donors (Lipinski definition) is 2. The summed E-state index contributed by atoms with van der Waals surface area (Å²) >= 11 is 3.11. The van der Waals surface area contributed by atoms with Crippen LogP contribution < -0.4 is 5.32 Å². The molecule has 0 saturated heterocycles. The fraction of sp³-hybridized carbons (Fsp3) is 0.571. The van der Waals surface area contributed by atoms with Crippen molar-refractivity contribution >= 4 is 21.9 Å². The first-order valence-corrected chi connectivity index (χ1v) is 4.15. The van der Waals surface area contributed by atoms with E-state index in [2.05, 4.69) is 27.8 Å². The molecule has 12 heavy (non-hydrogen) atoms. The van der Waals surface area contributed by atoms with Crippen LogP contribution in [0.2, 0.25) is 0 Å². The van der Waals surface area contributed by atoms with Gasteiger partial charge < -0.3 is 9.84 Å². The second-order valence-corrected chi connectivity index (χ2v) is 3.37. The third-order valence-corrected chi connectivity index (χ3v) is 1.45. The normalized spacial score (nSPS) is 12.5. The van der Waals surface area contributed by atoms with E-state index < -0.39 is 12.0 Å². The molecule has 70 valence electrons. The molecule has 0 aliphatic heterocycles. The Morgan fingerprint density at radius 2 is 2.42 bits per heavy atom. The topological polar surface area (TPSA) is 58.6 Å². The molecule has 0 heterocycles. The average molecular weight is 238 g/mol. The lowest BCUT2D eigenvalue weighted by Crippen LogP contribution is -2.40. The highest BCUT2D eigenvalue weighted by atomic mass is 79.9. The van der Waals surface area contributed by atoms with E-state index in [1.54, 1.807) is 0 Å². The molecular formula is C7H12BrNO3. The number of aliphatic carboxylic acids is 1. The van der Waals surface area contributed by atoms with Crippen molar-refractivity contribution in [2.75, 3.05) is 20.3 Å². The van der Waals surface area contributed by atoms with Gasteiger partial charge in [0.15, 0.2) is 0 Å². The average Bonchev–Trinajstić information content (AvgIpc) is 1.96. The summed E-state index contributed by atoms with van der Waals surface area (Å²) in [7, 11) is 1.46. The van der Waals surface area contributed by atoms with Gasteiger partial charge in [-0.05, 0) is 0 Å². The first-order chi connectivity index (χ1) is 5.57. The molecule has 0 saturated carbocycles. The van der Waals surface area contributed by atoms with Crippen LogP contribution in [0.5, 0.6) is 0 Å². The SMILES string of the molecule is C=C(Br)CNC(COC)C(=O)O. The van der Waals surface area contributed by atoms with Gasteiger partial charge in [0.1, 0.15) is 6.04 Å². The molecule has 0 amide bonds. The number of carboxylic acid groups (broad SMARTS) is 1. The summed E-state index contributed by atoms with van der Waals surface area (Å²) in [6, 6.07) is -0.677. The lowest BCUT2D eigenvalue weighted by atomic mass is 10.3. The van der Waals surface area contributed by atoms with Crippen molar-refractivity contribution in [2.24, 2.45) is 0 Å². The zero-order valence-corrected chi connectivity index (χ0v) is 8.43. The van der Waals surface area contributed by atoms with Crippen molar-refractivity contribution in [3.8, 4) is 0 Å². The van der Waals surface area contributed by atoms with E-state index in [-0.39, 0.29) is 6.61 Å². The summed E-state index contributed by atoms with van der Waals surface area (Å²) in [4.78, 5) is 10.5. The molecule has 0 bridgehead atoms. The molecule has 0 aliphatic carbocycles. The molecule has 2 N–H and O–H groups in total. The van der Waals surface area contributed by atoms with Crippen LogP contribution in [-0.2, 0) is 9.53 Å². The van der Waals surface area contributed by atoms with Gasteiger partial charge in [-0.1, -0.05) is 22.5 Å². The Kier molecular flexibility index (Phi) is 5.96. The highest BCUT2D eigenvalue weighted by Gasteiger charge is 2.15. The van der Waals surface area contributed by atoms with Gasteiger partial charge in [0.05, 0.1) is 6.61 Å². The Morgan fingerprint density at radius 3 is 2.75 bits per heavy atom. The van der Waals surface area contributed by atoms with Gasteiger partial charge in [-0.15, -0.1) is 0 Å². The van der Waals surface area contributed by atoms with Gasteiger partial charge in [0.2, 0.25) is 0 Å². The number of nitrogens with one attached hydrogen (secondary N) is 1. The minimum absolute atomic E-state index is 0.148. The lowest BCUT2D eigenvalue weighted by Gasteiger charge is -2.12. The molecule has 5 heteroatoms. The third-order valence-electron chi connectivity index (χ3n) is 1.17. The predicted octanol–water partition coefficient (Wildman–Crippen LogP) is 0.584. The van der Waals surface area contributed by atoms with Crippen molar-refractivity contribution in [1.29, 1.82) is 0 Å². The molecule has 1 unspecified atom stereocenters. The Balaban J connectivity index is 3.79. The van der Waals surface area contributed by atoms with Crippen LogP contribution >= 0.6 is 15.9 Å². The van der Waals surface area contributed by atoms with Crippen molar-refractivity contribution in [3.05, 3.63) is 11.1 Å². The van der Waals surface area contributed by atoms with E-state index >= 15 is 0 Å². The molecule has 0 radical (unpaired) electrons. The number of carbonyl (C=O) groups is 1. The molecular weight excluding hydrogens is 226 g/mol. The minimum Gasteiger partial charge on any atom is -0.480 e. The van der Waals surface area contributed by atoms with E-state index in [1.165, 1.54) is 7.11 Å². The van der Waals surface area contributed by atoms with E-state index in [1.807, 2.05) is 0 Å². The summed E-state index contributed by atoms with van der Waals surface area (Å²) in [6.07, 6.45) is 0. The van der Waals surface area contributed by atoms with Gasteiger partial charge >= 0.3 is 5.97 Å². The van der Waals surface area contributed by atoms with Crippen molar-refractivity contribution in [3.63, 3.8) is 0 Å². The number of rotatable bonds is 6. The number of halogens is 1. The van der Waals surface area contributed by atoms with E-state index in [0.29, 0.717) is 11.0 Å². The summed E-state index contributed by atoms with van der Waals surface area (Å²) in [5.74, 6) is -0.925. The summed E-state index contributed by atoms with van der Waals surface area (Å²) in [6.45, 7) is 4.13. The van der Waals surface area contributed by atoms with Crippen LogP contribution in [0.4, 0.5) is 0 Å². The fourth-order valence-corrected chi connectivity index (χ4v) is 0.780. The highest BCUT2D eigenvalue weighted by Crippen LogP contribution is 1.98. The van der Waals surface area contributed by atoms with Crippen LogP contribution in [0.15, 0.2) is 11.1 Å². The van der Waals surface area contributed by atoms with Crippen molar-refractivity contribution in [1.82, 2.24) is 5.32 Å². The molecule has 1 atom stereocenters. The number of ether oxygens (including phenoxy) is 1. The standard InChI is InChI=1S/C7H12BrNO3/c1-5(8)3-9-6(4-12-2)7(10)11/h6,9H,1,3-4H2,2H3,(H,10,11). The maximum Gasteiger partial charge on any atom is 0.323 e. The Morgan fingerprint density at radius 1 is 1.83 bits per heavy atom. The van der Waals surface area contributed by atoms with Gasteiger partial charge in [0, 0.05) is 18.1 Å². The first kappa shape index (κ1) is 11.6. The van der Waals surface area contributed by atoms with Crippen LogP contribution in [0.25, 0.3) is 0 Å². The van der Waals surface area contributed by atoms with Gasteiger partial charge in [-0.2, -0.15) is 0 Å². The zero-order chi connectivity index (χ0) is 9.56. The van der Waals surface area contributed by atoms with Crippen LogP contribution in [0, 0.1) is 0 Å². The molecule has 0 aliphatic rings. The number of methoxy groups -OCH3 is 1. The van der Waals surface area contributed by atoms with Crippen molar-refractivity contribution < 1.29 is 14.6 Å². The van der Waals surface area contributed by atoms with Crippen LogP contribution in [0.1, 0.15) is 0 Å². The first-order valence-electron chi connectivity index (χ1n) is 3.36. The number of carboxylic acids is 1. The summed E-state index contributed by atoms with van der Waals surface area (Å²) in [5.41, 5.74) is 0. The van der Waals surface area contributed by atoms with Gasteiger partial charge in [0.25, 0.3) is 0 Å². The fourth-order valence-electron chi connectivity index (χ4n) is 0.618. The second kappa shape index (κ2) is 6.16. The zero-order valence-electron chi connectivity index (χ0n) is 6.84. The molecule has 4 nitrogen and oxygen atoms in total. The highest BCUT2D eigenvalue weighted by molar-refractivity contribution is 9.11. The lowest BCUT2D eigenvalue weighted by molar-refractivity contribution is -0.140. The van der Waals surface area contributed by atoms with Crippen LogP contribution in [-0.4, -0.2) is 37.4 Å². The molecule has 0 aromatic carbocycles. The molecule has 0 aromatic heterocycles.